The minimum absolute atomic E-state index is 0.0116. The Morgan fingerprint density at radius 2 is 2.13 bits per heavy atom. The first-order valence-electron chi connectivity index (χ1n) is 10.1. The molecule has 2 amide bonds. The topological polar surface area (TPSA) is 109 Å². The number of hydrogen-bond donors (Lipinski definition) is 4. The van der Waals surface area contributed by atoms with Gasteiger partial charge in [0.1, 0.15) is 0 Å². The number of ether oxygens (including phenoxy) is 1. The normalized spacial score (nSPS) is 16.7. The van der Waals surface area contributed by atoms with Crippen LogP contribution in [0.2, 0.25) is 4.34 Å². The average molecular weight is 466 g/mol. The molecule has 0 saturated carbocycles. The van der Waals surface area contributed by atoms with Crippen molar-refractivity contribution >= 4 is 51.8 Å². The molecule has 0 spiro atoms. The van der Waals surface area contributed by atoms with Crippen molar-refractivity contribution in [2.24, 2.45) is 0 Å². The number of amides is 2. The molecule has 168 valence electrons. The van der Waals surface area contributed by atoms with E-state index in [9.17, 15) is 9.59 Å². The summed E-state index contributed by atoms with van der Waals surface area (Å²) in [4.78, 5) is 26.2. The molecule has 0 radical (unpaired) electrons. The third kappa shape index (κ3) is 6.49. The van der Waals surface area contributed by atoms with E-state index in [-0.39, 0.29) is 24.0 Å². The molecule has 8 nitrogen and oxygen atoms in total. The van der Waals surface area contributed by atoms with Crippen LogP contribution in [0.1, 0.15) is 23.0 Å². The van der Waals surface area contributed by atoms with E-state index in [2.05, 4.69) is 20.9 Å². The van der Waals surface area contributed by atoms with Gasteiger partial charge >= 0.3 is 0 Å². The van der Waals surface area contributed by atoms with Crippen LogP contribution in [0.4, 0.5) is 17.1 Å². The highest BCUT2D eigenvalue weighted by molar-refractivity contribution is 7.18. The number of methoxy groups -OCH3 is 1. The lowest BCUT2D eigenvalue weighted by Crippen LogP contribution is -2.36. The third-order valence-corrected chi connectivity index (χ3v) is 6.35. The molecule has 0 aliphatic carbocycles. The molecule has 1 aromatic carbocycles. The van der Waals surface area contributed by atoms with Crippen molar-refractivity contribution in [1.29, 1.82) is 0 Å². The SMILES string of the molecule is COC(CNC(=O)c1ccc(Cl)s1)CNc1ccc(N2CCC(NC(C)=O)C2)c(N)c1. The first-order valence-corrected chi connectivity index (χ1v) is 11.3. The van der Waals surface area contributed by atoms with Crippen LogP contribution in [-0.4, -0.2) is 57.2 Å². The second-order valence-electron chi connectivity index (χ2n) is 7.46. The summed E-state index contributed by atoms with van der Waals surface area (Å²) in [7, 11) is 1.61. The van der Waals surface area contributed by atoms with Crippen molar-refractivity contribution in [2.45, 2.75) is 25.5 Å². The molecule has 2 unspecified atom stereocenters. The van der Waals surface area contributed by atoms with Gasteiger partial charge in [0.05, 0.1) is 26.7 Å². The Labute approximate surface area is 191 Å². The van der Waals surface area contributed by atoms with Crippen LogP contribution in [0.5, 0.6) is 0 Å². The van der Waals surface area contributed by atoms with Gasteiger partial charge in [0.15, 0.2) is 0 Å². The standard InChI is InChI=1S/C21H28ClN5O3S/c1-13(28)26-15-7-8-27(12-15)18-4-3-14(9-17(18)23)24-10-16(30-2)11-25-21(29)19-5-6-20(22)31-19/h3-6,9,15-16,24H,7-8,10-12,23H2,1-2H3,(H,25,29)(H,26,28). The predicted octanol–water partition coefficient (Wildman–Crippen LogP) is 2.56. The second-order valence-corrected chi connectivity index (χ2v) is 9.17. The van der Waals surface area contributed by atoms with E-state index < -0.39 is 0 Å². The quantitative estimate of drug-likeness (QED) is 0.424. The first kappa shape index (κ1) is 23.2. The Morgan fingerprint density at radius 1 is 1.32 bits per heavy atom. The van der Waals surface area contributed by atoms with Crippen LogP contribution in [-0.2, 0) is 9.53 Å². The molecular weight excluding hydrogens is 438 g/mol. The molecule has 10 heteroatoms. The predicted molar refractivity (Wildman–Crippen MR) is 126 cm³/mol. The Hall–Kier alpha value is -2.49. The van der Waals surface area contributed by atoms with Crippen molar-refractivity contribution in [3.05, 3.63) is 39.5 Å². The maximum atomic E-state index is 12.2. The number of thiophene rings is 1. The number of anilines is 3. The minimum Gasteiger partial charge on any atom is -0.397 e. The van der Waals surface area contributed by atoms with Crippen molar-refractivity contribution in [2.75, 3.05) is 49.2 Å². The summed E-state index contributed by atoms with van der Waals surface area (Å²) in [5.41, 5.74) is 8.79. The molecule has 1 saturated heterocycles. The van der Waals surface area contributed by atoms with Gasteiger partial charge in [-0.25, -0.2) is 0 Å². The van der Waals surface area contributed by atoms with Crippen LogP contribution < -0.4 is 26.6 Å². The zero-order valence-electron chi connectivity index (χ0n) is 17.6. The van der Waals surface area contributed by atoms with Gasteiger partial charge in [0.25, 0.3) is 5.91 Å². The maximum absolute atomic E-state index is 12.2. The van der Waals surface area contributed by atoms with E-state index in [0.717, 1.165) is 30.9 Å². The molecule has 0 bridgehead atoms. The summed E-state index contributed by atoms with van der Waals surface area (Å²) in [5.74, 6) is -0.182. The van der Waals surface area contributed by atoms with Crippen molar-refractivity contribution in [3.63, 3.8) is 0 Å². The number of carbonyl (C=O) groups is 2. The van der Waals surface area contributed by atoms with E-state index in [1.807, 2.05) is 18.2 Å². The van der Waals surface area contributed by atoms with Crippen LogP contribution >= 0.6 is 22.9 Å². The number of nitrogens with zero attached hydrogens (tertiary/aromatic N) is 1. The molecule has 1 aliphatic rings. The number of carbonyl (C=O) groups excluding carboxylic acids is 2. The van der Waals surface area contributed by atoms with Crippen LogP contribution in [0.25, 0.3) is 0 Å². The largest absolute Gasteiger partial charge is 0.397 e. The van der Waals surface area contributed by atoms with Gasteiger partial charge < -0.3 is 31.3 Å². The van der Waals surface area contributed by atoms with Gasteiger partial charge in [-0.1, -0.05) is 11.6 Å². The number of benzene rings is 1. The Balaban J connectivity index is 1.49. The summed E-state index contributed by atoms with van der Waals surface area (Å²) >= 11 is 7.12. The Morgan fingerprint density at radius 3 is 2.77 bits per heavy atom. The van der Waals surface area contributed by atoms with E-state index in [0.29, 0.717) is 28.0 Å². The number of nitrogen functional groups attached to an aromatic ring is 1. The molecule has 1 fully saturated rings. The lowest BCUT2D eigenvalue weighted by atomic mass is 10.2. The molecule has 2 aromatic rings. The zero-order valence-corrected chi connectivity index (χ0v) is 19.2. The summed E-state index contributed by atoms with van der Waals surface area (Å²) < 4.78 is 6.05. The zero-order chi connectivity index (χ0) is 22.4. The van der Waals surface area contributed by atoms with Crippen LogP contribution in [0.3, 0.4) is 0 Å². The number of nitrogens with two attached hydrogens (primary N) is 1. The molecule has 5 N–H and O–H groups in total. The average Bonchev–Trinajstić information content (AvgIpc) is 3.36. The van der Waals surface area contributed by atoms with Crippen molar-refractivity contribution in [3.8, 4) is 0 Å². The summed E-state index contributed by atoms with van der Waals surface area (Å²) in [6.45, 7) is 4.01. The van der Waals surface area contributed by atoms with Crippen molar-refractivity contribution < 1.29 is 14.3 Å². The summed E-state index contributed by atoms with van der Waals surface area (Å²) in [5, 5.41) is 9.13. The highest BCUT2D eigenvalue weighted by Crippen LogP contribution is 2.29. The number of halogens is 1. The van der Waals surface area contributed by atoms with Gasteiger partial charge in [-0.3, -0.25) is 9.59 Å². The lowest BCUT2D eigenvalue weighted by molar-refractivity contribution is -0.119. The first-order chi connectivity index (χ1) is 14.9. The molecular formula is C21H28ClN5O3S. The fourth-order valence-corrected chi connectivity index (χ4v) is 4.50. The summed E-state index contributed by atoms with van der Waals surface area (Å²) in [6.07, 6.45) is 0.690. The monoisotopic (exact) mass is 465 g/mol. The van der Waals surface area contributed by atoms with Gasteiger partial charge in [-0.2, -0.15) is 0 Å². The minimum atomic E-state index is -0.211. The smallest absolute Gasteiger partial charge is 0.261 e. The van der Waals surface area contributed by atoms with Crippen LogP contribution in [0, 0.1) is 0 Å². The fourth-order valence-electron chi connectivity index (χ4n) is 3.54. The third-order valence-electron chi connectivity index (χ3n) is 5.12. The Bertz CT molecular complexity index is 922. The van der Waals surface area contributed by atoms with Gasteiger partial charge in [-0.05, 0) is 36.8 Å². The Kier molecular flexibility index (Phi) is 8.00. The maximum Gasteiger partial charge on any atom is 0.261 e. The van der Waals surface area contributed by atoms with E-state index >= 15 is 0 Å². The lowest BCUT2D eigenvalue weighted by Gasteiger charge is -2.22. The van der Waals surface area contributed by atoms with Gasteiger partial charge in [0, 0.05) is 51.9 Å². The van der Waals surface area contributed by atoms with Crippen molar-refractivity contribution in [1.82, 2.24) is 10.6 Å². The molecule has 3 rings (SSSR count). The number of nitrogens with one attached hydrogen (secondary N) is 3. The molecule has 2 atom stereocenters. The second kappa shape index (κ2) is 10.7. The number of hydrogen-bond acceptors (Lipinski definition) is 7. The van der Waals surface area contributed by atoms with E-state index in [1.54, 1.807) is 19.2 Å². The molecule has 1 aromatic heterocycles. The van der Waals surface area contributed by atoms with E-state index in [1.165, 1.54) is 18.3 Å². The molecule has 31 heavy (non-hydrogen) atoms. The van der Waals surface area contributed by atoms with E-state index in [4.69, 9.17) is 22.1 Å². The summed E-state index contributed by atoms with van der Waals surface area (Å²) in [6, 6.07) is 9.39. The van der Waals surface area contributed by atoms with Gasteiger partial charge in [0.2, 0.25) is 5.91 Å². The van der Waals surface area contributed by atoms with Gasteiger partial charge in [-0.15, -0.1) is 11.3 Å². The van der Waals surface area contributed by atoms with Crippen LogP contribution in [0.15, 0.2) is 30.3 Å². The molecule has 2 heterocycles. The molecule has 1 aliphatic heterocycles. The fraction of sp³-hybridized carbons (Fsp3) is 0.429. The highest BCUT2D eigenvalue weighted by Gasteiger charge is 2.24. The number of rotatable bonds is 9. The highest BCUT2D eigenvalue weighted by atomic mass is 35.5.